The molecule has 176 valence electrons. The standard InChI is InChI=1S/C27H27IN2O3S/c1-3-18-10-12-21(13-11-18)29-27-30-26(31)24(34-27)16-20-14-22(28)25(23(15-20)32-4-2)33-17-19-8-6-5-7-9-19/h5-16,27,29H,3-4,17H2,1-2H3,(H,30,31)/b24-16-/t27-/m1/s1. The van der Waals surface area contributed by atoms with Crippen molar-refractivity contribution in [3.8, 4) is 11.5 Å². The molecule has 0 spiro atoms. The van der Waals surface area contributed by atoms with Crippen molar-refractivity contribution in [2.45, 2.75) is 32.4 Å². The Balaban J connectivity index is 1.49. The monoisotopic (exact) mass is 586 g/mol. The molecule has 1 fully saturated rings. The van der Waals surface area contributed by atoms with E-state index in [1.54, 1.807) is 0 Å². The minimum absolute atomic E-state index is 0.0925. The number of carbonyl (C=O) groups excluding carboxylic acids is 1. The molecule has 7 heteroatoms. The summed E-state index contributed by atoms with van der Waals surface area (Å²) in [5.41, 5.74) is 4.03. The summed E-state index contributed by atoms with van der Waals surface area (Å²) in [5, 5.41) is 6.36. The number of carbonyl (C=O) groups is 1. The van der Waals surface area contributed by atoms with E-state index in [9.17, 15) is 4.79 Å². The number of benzene rings is 3. The SMILES string of the molecule is CCOc1cc(/C=C2\S[C@H](Nc3ccc(CC)cc3)NC2=O)cc(I)c1OCc1ccccc1. The van der Waals surface area contributed by atoms with E-state index in [1.807, 2.05) is 67.6 Å². The Morgan fingerprint density at radius 2 is 1.79 bits per heavy atom. The first-order valence-electron chi connectivity index (χ1n) is 11.2. The predicted molar refractivity (Wildman–Crippen MR) is 148 cm³/mol. The van der Waals surface area contributed by atoms with E-state index in [0.717, 1.165) is 26.8 Å². The van der Waals surface area contributed by atoms with Crippen molar-refractivity contribution in [3.05, 3.63) is 91.9 Å². The van der Waals surface area contributed by atoms with E-state index in [0.29, 0.717) is 29.6 Å². The summed E-state index contributed by atoms with van der Waals surface area (Å²) in [7, 11) is 0. The fourth-order valence-electron chi connectivity index (χ4n) is 3.51. The Labute approximate surface area is 218 Å². The highest BCUT2D eigenvalue weighted by Gasteiger charge is 2.27. The highest BCUT2D eigenvalue weighted by Crippen LogP contribution is 2.37. The molecule has 3 aromatic carbocycles. The van der Waals surface area contributed by atoms with Gasteiger partial charge in [-0.2, -0.15) is 0 Å². The van der Waals surface area contributed by atoms with Crippen LogP contribution in [0.1, 0.15) is 30.5 Å². The van der Waals surface area contributed by atoms with Gasteiger partial charge in [0.15, 0.2) is 17.0 Å². The Bertz CT molecular complexity index is 1170. The first-order chi connectivity index (χ1) is 16.6. The van der Waals surface area contributed by atoms with Crippen molar-refractivity contribution in [2.24, 2.45) is 0 Å². The molecule has 3 aromatic rings. The Kier molecular flexibility index (Phi) is 8.39. The summed E-state index contributed by atoms with van der Waals surface area (Å²) in [6, 6.07) is 22.2. The van der Waals surface area contributed by atoms with Crippen molar-refractivity contribution in [2.75, 3.05) is 11.9 Å². The molecule has 1 aliphatic heterocycles. The van der Waals surface area contributed by atoms with Gasteiger partial charge in [-0.15, -0.1) is 0 Å². The minimum Gasteiger partial charge on any atom is -0.490 e. The van der Waals surface area contributed by atoms with Gasteiger partial charge in [0, 0.05) is 5.69 Å². The molecule has 1 atom stereocenters. The van der Waals surface area contributed by atoms with Crippen molar-refractivity contribution >= 4 is 52.0 Å². The van der Waals surface area contributed by atoms with Crippen LogP contribution in [0, 0.1) is 3.57 Å². The fraction of sp³-hybridized carbons (Fsp3) is 0.222. The van der Waals surface area contributed by atoms with Gasteiger partial charge in [-0.1, -0.05) is 61.2 Å². The number of hydrogen-bond acceptors (Lipinski definition) is 5. The van der Waals surface area contributed by atoms with Crippen LogP contribution in [-0.4, -0.2) is 18.0 Å². The number of rotatable bonds is 9. The first kappa shape index (κ1) is 24.5. The van der Waals surface area contributed by atoms with E-state index in [-0.39, 0.29) is 11.4 Å². The van der Waals surface area contributed by atoms with Crippen LogP contribution in [0.4, 0.5) is 5.69 Å². The van der Waals surface area contributed by atoms with Crippen molar-refractivity contribution in [3.63, 3.8) is 0 Å². The molecular weight excluding hydrogens is 559 g/mol. The van der Waals surface area contributed by atoms with Gasteiger partial charge in [0.1, 0.15) is 6.61 Å². The Hall–Kier alpha value is -2.65. The smallest absolute Gasteiger partial charge is 0.260 e. The van der Waals surface area contributed by atoms with Gasteiger partial charge in [0.2, 0.25) is 0 Å². The summed E-state index contributed by atoms with van der Waals surface area (Å²) in [6.45, 7) is 5.06. The second-order valence-electron chi connectivity index (χ2n) is 7.71. The quantitative estimate of drug-likeness (QED) is 0.224. The molecule has 1 saturated heterocycles. The maximum atomic E-state index is 12.6. The second-order valence-corrected chi connectivity index (χ2v) is 10.0. The number of anilines is 1. The summed E-state index contributed by atoms with van der Waals surface area (Å²) in [6.07, 6.45) is 2.90. The third-order valence-electron chi connectivity index (χ3n) is 5.25. The van der Waals surface area contributed by atoms with Crippen LogP contribution in [0.2, 0.25) is 0 Å². The van der Waals surface area contributed by atoms with Gasteiger partial charge in [0.05, 0.1) is 15.1 Å². The van der Waals surface area contributed by atoms with E-state index >= 15 is 0 Å². The zero-order valence-corrected chi connectivity index (χ0v) is 22.1. The van der Waals surface area contributed by atoms with Crippen molar-refractivity contribution < 1.29 is 14.3 Å². The minimum atomic E-state index is -0.217. The van der Waals surface area contributed by atoms with Crippen LogP contribution in [0.15, 0.2) is 71.6 Å². The maximum Gasteiger partial charge on any atom is 0.260 e. The number of amides is 1. The summed E-state index contributed by atoms with van der Waals surface area (Å²) >= 11 is 3.73. The number of halogens is 1. The third-order valence-corrected chi connectivity index (χ3v) is 7.08. The molecule has 0 bridgehead atoms. The molecule has 0 unspecified atom stereocenters. The zero-order valence-electron chi connectivity index (χ0n) is 19.1. The molecule has 1 amide bonds. The molecule has 0 aliphatic carbocycles. The van der Waals surface area contributed by atoms with E-state index < -0.39 is 0 Å². The maximum absolute atomic E-state index is 12.6. The van der Waals surface area contributed by atoms with Crippen molar-refractivity contribution in [1.29, 1.82) is 0 Å². The normalized spacial score (nSPS) is 16.4. The van der Waals surface area contributed by atoms with E-state index in [2.05, 4.69) is 52.3 Å². The molecule has 0 radical (unpaired) electrons. The number of nitrogens with one attached hydrogen (secondary N) is 2. The van der Waals surface area contributed by atoms with Gasteiger partial charge in [-0.05, 0) is 83.0 Å². The Morgan fingerprint density at radius 1 is 1.03 bits per heavy atom. The molecule has 1 aliphatic rings. The first-order valence-corrected chi connectivity index (χ1v) is 13.2. The lowest BCUT2D eigenvalue weighted by Crippen LogP contribution is -2.30. The van der Waals surface area contributed by atoms with Gasteiger partial charge >= 0.3 is 0 Å². The zero-order chi connectivity index (χ0) is 23.9. The van der Waals surface area contributed by atoms with Gasteiger partial charge in [-0.3, -0.25) is 4.79 Å². The van der Waals surface area contributed by atoms with Crippen LogP contribution >= 0.6 is 34.4 Å². The predicted octanol–water partition coefficient (Wildman–Crippen LogP) is 6.43. The molecule has 1 heterocycles. The second kappa shape index (κ2) is 11.7. The number of aryl methyl sites for hydroxylation is 1. The van der Waals surface area contributed by atoms with Crippen molar-refractivity contribution in [1.82, 2.24) is 5.32 Å². The molecule has 0 aromatic heterocycles. The average molecular weight is 586 g/mol. The molecule has 0 saturated carbocycles. The lowest BCUT2D eigenvalue weighted by atomic mass is 10.1. The summed E-state index contributed by atoms with van der Waals surface area (Å²) < 4.78 is 12.9. The highest BCUT2D eigenvalue weighted by molar-refractivity contribution is 14.1. The van der Waals surface area contributed by atoms with Crippen LogP contribution in [0.5, 0.6) is 11.5 Å². The van der Waals surface area contributed by atoms with Crippen LogP contribution in [0.3, 0.4) is 0 Å². The van der Waals surface area contributed by atoms with Crippen LogP contribution in [-0.2, 0) is 17.8 Å². The number of thioether (sulfide) groups is 1. The number of hydrogen-bond donors (Lipinski definition) is 2. The molecule has 2 N–H and O–H groups in total. The summed E-state index contributed by atoms with van der Waals surface area (Å²) in [5.74, 6) is 1.29. The van der Waals surface area contributed by atoms with Gasteiger partial charge in [-0.25, -0.2) is 0 Å². The lowest BCUT2D eigenvalue weighted by molar-refractivity contribution is -0.116. The van der Waals surface area contributed by atoms with E-state index in [4.69, 9.17) is 9.47 Å². The molecule has 34 heavy (non-hydrogen) atoms. The van der Waals surface area contributed by atoms with E-state index in [1.165, 1.54) is 17.3 Å². The lowest BCUT2D eigenvalue weighted by Gasteiger charge is -2.15. The highest BCUT2D eigenvalue weighted by atomic mass is 127. The van der Waals surface area contributed by atoms with Crippen LogP contribution in [0.25, 0.3) is 6.08 Å². The summed E-state index contributed by atoms with van der Waals surface area (Å²) in [4.78, 5) is 13.3. The largest absolute Gasteiger partial charge is 0.490 e. The number of ether oxygens (including phenoxy) is 2. The average Bonchev–Trinajstić information content (AvgIpc) is 3.18. The Morgan fingerprint density at radius 3 is 2.50 bits per heavy atom. The molecular formula is C27H27IN2O3S. The van der Waals surface area contributed by atoms with Crippen LogP contribution < -0.4 is 20.1 Å². The molecule has 5 nitrogen and oxygen atoms in total. The third kappa shape index (κ3) is 6.27. The topological polar surface area (TPSA) is 59.6 Å². The molecule has 4 rings (SSSR count). The fourth-order valence-corrected chi connectivity index (χ4v) is 5.27. The van der Waals surface area contributed by atoms with Gasteiger partial charge in [0.25, 0.3) is 5.91 Å². The van der Waals surface area contributed by atoms with Gasteiger partial charge < -0.3 is 20.1 Å².